The van der Waals surface area contributed by atoms with E-state index in [-0.39, 0.29) is 17.4 Å². The summed E-state index contributed by atoms with van der Waals surface area (Å²) in [5.41, 5.74) is -0.200. The van der Waals surface area contributed by atoms with Crippen LogP contribution in [0.4, 0.5) is 17.6 Å². The second kappa shape index (κ2) is 5.98. The van der Waals surface area contributed by atoms with Gasteiger partial charge in [0.05, 0.1) is 11.5 Å². The van der Waals surface area contributed by atoms with Crippen LogP contribution in [0.1, 0.15) is 33.3 Å². The Kier molecular flexibility index (Phi) is 4.55. The molecule has 0 heterocycles. The van der Waals surface area contributed by atoms with E-state index in [1.54, 1.807) is 0 Å². The number of hydrogen-bond acceptors (Lipinski definition) is 2. The quantitative estimate of drug-likeness (QED) is 0.351. The smallest absolute Gasteiger partial charge is 0.310 e. The van der Waals surface area contributed by atoms with Crippen molar-refractivity contribution in [2.24, 2.45) is 17.3 Å². The van der Waals surface area contributed by atoms with Crippen LogP contribution in [0.2, 0.25) is 0 Å². The molecule has 1 saturated carbocycles. The van der Waals surface area contributed by atoms with Crippen molar-refractivity contribution in [2.75, 3.05) is 0 Å². The molecule has 2 rings (SSSR count). The molecule has 1 aromatic rings. The van der Waals surface area contributed by atoms with Crippen molar-refractivity contribution in [1.82, 2.24) is 0 Å². The van der Waals surface area contributed by atoms with Crippen LogP contribution >= 0.6 is 0 Å². The minimum Gasteiger partial charge on any atom is -0.460 e. The molecule has 0 saturated heterocycles. The maximum Gasteiger partial charge on any atom is 0.310 e. The van der Waals surface area contributed by atoms with E-state index in [0.717, 1.165) is 5.57 Å². The molecule has 0 spiro atoms. The van der Waals surface area contributed by atoms with Gasteiger partial charge in [-0.05, 0) is 25.2 Å². The molecule has 1 aliphatic rings. The average molecular weight is 330 g/mol. The van der Waals surface area contributed by atoms with Gasteiger partial charge >= 0.3 is 5.97 Å². The Bertz CT molecular complexity index is 649. The summed E-state index contributed by atoms with van der Waals surface area (Å²) in [4.78, 5) is 12.1. The number of hydrogen-bond donors (Lipinski definition) is 0. The zero-order valence-corrected chi connectivity index (χ0v) is 13.3. The van der Waals surface area contributed by atoms with Gasteiger partial charge in [0.15, 0.2) is 23.3 Å². The van der Waals surface area contributed by atoms with Crippen LogP contribution in [-0.2, 0) is 16.1 Å². The van der Waals surface area contributed by atoms with Gasteiger partial charge in [-0.15, -0.1) is 0 Å². The number of esters is 1. The summed E-state index contributed by atoms with van der Waals surface area (Å²) in [6.45, 7) is 6.71. The topological polar surface area (TPSA) is 26.3 Å². The van der Waals surface area contributed by atoms with Crippen molar-refractivity contribution in [3.63, 3.8) is 0 Å². The van der Waals surface area contributed by atoms with E-state index in [9.17, 15) is 22.4 Å². The van der Waals surface area contributed by atoms with Crippen LogP contribution < -0.4 is 0 Å². The second-order valence-corrected chi connectivity index (χ2v) is 6.62. The summed E-state index contributed by atoms with van der Waals surface area (Å²) in [6, 6.07) is 0.116. The first-order valence-corrected chi connectivity index (χ1v) is 7.21. The summed E-state index contributed by atoms with van der Waals surface area (Å²) < 4.78 is 58.2. The summed E-state index contributed by atoms with van der Waals surface area (Å²) in [6.07, 6.45) is 1.94. The van der Waals surface area contributed by atoms with Gasteiger partial charge in [-0.2, -0.15) is 0 Å². The first-order valence-electron chi connectivity index (χ1n) is 7.21. The molecule has 1 aromatic carbocycles. The Morgan fingerprint density at radius 2 is 1.70 bits per heavy atom. The number of rotatable bonds is 4. The predicted molar refractivity (Wildman–Crippen MR) is 76.3 cm³/mol. The average Bonchev–Trinajstić information content (AvgIpc) is 2.96. The maximum atomic E-state index is 13.5. The summed E-state index contributed by atoms with van der Waals surface area (Å²) in [5.74, 6) is -7.25. The molecule has 2 atom stereocenters. The molecule has 0 unspecified atom stereocenters. The van der Waals surface area contributed by atoms with Gasteiger partial charge in [-0.25, -0.2) is 17.6 Å². The van der Waals surface area contributed by atoms with E-state index in [0.29, 0.717) is 0 Å². The Hall–Kier alpha value is -1.85. The molecule has 126 valence electrons. The Morgan fingerprint density at radius 3 is 2.17 bits per heavy atom. The van der Waals surface area contributed by atoms with Crippen LogP contribution in [0.15, 0.2) is 17.7 Å². The molecule has 23 heavy (non-hydrogen) atoms. The van der Waals surface area contributed by atoms with E-state index in [4.69, 9.17) is 4.74 Å². The highest BCUT2D eigenvalue weighted by molar-refractivity contribution is 5.78. The number of benzene rings is 1. The lowest BCUT2D eigenvalue weighted by atomic mass is 10.1. The molecule has 1 fully saturated rings. The van der Waals surface area contributed by atoms with E-state index >= 15 is 0 Å². The lowest BCUT2D eigenvalue weighted by Crippen LogP contribution is -2.13. The highest BCUT2D eigenvalue weighted by atomic mass is 19.2. The van der Waals surface area contributed by atoms with Gasteiger partial charge in [-0.1, -0.05) is 25.5 Å². The standard InChI is InChI=1S/C17H18F4O2/c1-8(2)5-10-13(17(10,3)4)16(22)23-7-9-14(20)11(18)6-12(19)15(9)21/h5-6,10,13H,7H2,1-4H3/t10-,13-/m1/s1. The molecule has 6 heteroatoms. The molecule has 0 radical (unpaired) electrons. The zero-order valence-electron chi connectivity index (χ0n) is 13.3. The van der Waals surface area contributed by atoms with Gasteiger partial charge < -0.3 is 4.74 Å². The monoisotopic (exact) mass is 330 g/mol. The first kappa shape index (κ1) is 17.5. The normalized spacial score (nSPS) is 21.7. The first-order chi connectivity index (χ1) is 10.6. The van der Waals surface area contributed by atoms with Gasteiger partial charge in [-0.3, -0.25) is 4.79 Å². The fourth-order valence-electron chi connectivity index (χ4n) is 2.78. The van der Waals surface area contributed by atoms with Gasteiger partial charge in [0.2, 0.25) is 0 Å². The number of carbonyl (C=O) groups excluding carboxylic acids is 1. The highest BCUT2D eigenvalue weighted by Gasteiger charge is 2.61. The van der Waals surface area contributed by atoms with Gasteiger partial charge in [0, 0.05) is 6.07 Å². The Morgan fingerprint density at radius 1 is 1.17 bits per heavy atom. The lowest BCUT2D eigenvalue weighted by molar-refractivity contribution is -0.147. The second-order valence-electron chi connectivity index (χ2n) is 6.62. The minimum absolute atomic E-state index is 0.0288. The number of carbonyl (C=O) groups is 1. The third-order valence-corrected chi connectivity index (χ3v) is 4.24. The van der Waals surface area contributed by atoms with Crippen molar-refractivity contribution >= 4 is 5.97 Å². The molecule has 0 bridgehead atoms. The van der Waals surface area contributed by atoms with Gasteiger partial charge in [0.25, 0.3) is 0 Å². The van der Waals surface area contributed by atoms with Crippen molar-refractivity contribution in [3.8, 4) is 0 Å². The molecule has 0 amide bonds. The van der Waals surface area contributed by atoms with Crippen molar-refractivity contribution in [2.45, 2.75) is 34.3 Å². The number of halogens is 4. The highest BCUT2D eigenvalue weighted by Crippen LogP contribution is 2.59. The van der Waals surface area contributed by atoms with E-state index in [1.165, 1.54) is 0 Å². The fourth-order valence-corrected chi connectivity index (χ4v) is 2.78. The third-order valence-electron chi connectivity index (χ3n) is 4.24. The SMILES string of the molecule is CC(C)=C[C@@H]1[C@H](C(=O)OCc2c(F)c(F)cc(F)c2F)C1(C)C. The largest absolute Gasteiger partial charge is 0.460 e. The van der Waals surface area contributed by atoms with Crippen LogP contribution in [-0.4, -0.2) is 5.97 Å². The maximum absolute atomic E-state index is 13.5. The third kappa shape index (κ3) is 3.26. The number of ether oxygens (including phenoxy) is 1. The van der Waals surface area contributed by atoms with E-state index in [1.807, 2.05) is 33.8 Å². The molecule has 0 N–H and O–H groups in total. The Labute approximate surface area is 132 Å². The molecule has 0 aliphatic heterocycles. The van der Waals surface area contributed by atoms with Crippen LogP contribution in [0.25, 0.3) is 0 Å². The van der Waals surface area contributed by atoms with Crippen LogP contribution in [0.3, 0.4) is 0 Å². The summed E-state index contributed by atoms with van der Waals surface area (Å²) in [7, 11) is 0. The molecular weight excluding hydrogens is 312 g/mol. The lowest BCUT2D eigenvalue weighted by Gasteiger charge is -2.09. The zero-order chi connectivity index (χ0) is 17.5. The van der Waals surface area contributed by atoms with Crippen molar-refractivity contribution < 1.29 is 27.1 Å². The number of allylic oxidation sites excluding steroid dienone is 2. The molecule has 0 aromatic heterocycles. The van der Waals surface area contributed by atoms with E-state index in [2.05, 4.69) is 0 Å². The van der Waals surface area contributed by atoms with Crippen LogP contribution in [0.5, 0.6) is 0 Å². The Balaban J connectivity index is 2.11. The van der Waals surface area contributed by atoms with Crippen molar-refractivity contribution in [1.29, 1.82) is 0 Å². The van der Waals surface area contributed by atoms with Gasteiger partial charge in [0.1, 0.15) is 6.61 Å². The molecule has 2 nitrogen and oxygen atoms in total. The predicted octanol–water partition coefficient (Wildman–Crippen LogP) is 4.52. The molecule has 1 aliphatic carbocycles. The summed E-state index contributed by atoms with van der Waals surface area (Å²) >= 11 is 0. The fraction of sp³-hybridized carbons (Fsp3) is 0.471. The minimum atomic E-state index is -1.55. The van der Waals surface area contributed by atoms with Crippen molar-refractivity contribution in [3.05, 3.63) is 46.5 Å². The molecular formula is C17H18F4O2. The van der Waals surface area contributed by atoms with Crippen LogP contribution in [0, 0.1) is 40.5 Å². The summed E-state index contributed by atoms with van der Waals surface area (Å²) in [5, 5.41) is 0. The van der Waals surface area contributed by atoms with E-state index < -0.39 is 47.3 Å².